The highest BCUT2D eigenvalue weighted by molar-refractivity contribution is 7.50. The van der Waals surface area contributed by atoms with Gasteiger partial charge in [-0.3, -0.25) is 9.32 Å². The number of nitrogens with one attached hydrogen (secondary N) is 2. The normalized spacial score (nSPS) is 16.0. The molecule has 9 heteroatoms. The molecule has 0 spiro atoms. The van der Waals surface area contributed by atoms with Gasteiger partial charge in [-0.25, -0.2) is 9.65 Å². The van der Waals surface area contributed by atoms with Gasteiger partial charge in [0.2, 0.25) is 5.91 Å². The lowest BCUT2D eigenvalue weighted by Gasteiger charge is -2.27. The molecule has 0 rings (SSSR count). The van der Waals surface area contributed by atoms with E-state index in [0.29, 0.717) is 23.9 Å². The molecule has 0 aliphatic heterocycles. The number of quaternary nitrogens is 1. The number of carbonyl (C=O) groups is 1. The Balaban J connectivity index is 4.66. The van der Waals surface area contributed by atoms with Crippen LogP contribution in [0.1, 0.15) is 84.5 Å². The van der Waals surface area contributed by atoms with Crippen LogP contribution >= 0.6 is 7.75 Å². The molecule has 0 fully saturated rings. The predicted molar refractivity (Wildman–Crippen MR) is 127 cm³/mol. The number of hydrogen-bond donors (Lipinski definition) is 4. The smallest absolute Gasteiger partial charge is 0.391 e. The Morgan fingerprint density at radius 2 is 1.58 bits per heavy atom. The minimum absolute atomic E-state index is 0.0192. The number of hydrogen-bond acceptors (Lipinski definition) is 4. The van der Waals surface area contributed by atoms with E-state index in [1.54, 1.807) is 0 Å². The molecule has 0 saturated carbocycles. The van der Waals surface area contributed by atoms with Crippen molar-refractivity contribution >= 4 is 13.7 Å². The Morgan fingerprint density at radius 3 is 2.19 bits per heavy atom. The van der Waals surface area contributed by atoms with E-state index < -0.39 is 19.9 Å². The van der Waals surface area contributed by atoms with E-state index in [-0.39, 0.29) is 19.1 Å². The van der Waals surface area contributed by atoms with Gasteiger partial charge in [0.1, 0.15) is 13.2 Å². The molecular formula is C22H49N3O5P+. The van der Waals surface area contributed by atoms with Gasteiger partial charge in [0.15, 0.2) is 0 Å². The zero-order valence-corrected chi connectivity index (χ0v) is 21.5. The minimum atomic E-state index is -4.01. The highest BCUT2D eigenvalue weighted by atomic mass is 31.2. The van der Waals surface area contributed by atoms with Crippen molar-refractivity contribution in [3.05, 3.63) is 0 Å². The summed E-state index contributed by atoms with van der Waals surface area (Å²) in [6.45, 7) is 4.96. The number of likely N-dealkylation sites (N-methyl/N-ethyl adjacent to an activating group) is 1. The lowest BCUT2D eigenvalue weighted by Crippen LogP contribution is -2.49. The van der Waals surface area contributed by atoms with E-state index in [4.69, 9.17) is 4.52 Å². The number of carbonyl (C=O) groups excluding carboxylic acids is 1. The van der Waals surface area contributed by atoms with E-state index in [0.717, 1.165) is 38.5 Å². The number of aliphatic hydroxyl groups excluding tert-OH is 1. The Kier molecular flexibility index (Phi) is 16.8. The first-order chi connectivity index (χ1) is 14.5. The van der Waals surface area contributed by atoms with Gasteiger partial charge in [0, 0.05) is 13.0 Å². The Bertz CT molecular complexity index is 514. The Morgan fingerprint density at radius 1 is 1.00 bits per heavy atom. The zero-order valence-electron chi connectivity index (χ0n) is 20.6. The van der Waals surface area contributed by atoms with Crippen LogP contribution in [0.15, 0.2) is 0 Å². The third kappa shape index (κ3) is 18.7. The fourth-order valence-electron chi connectivity index (χ4n) is 3.13. The number of amides is 1. The largest absolute Gasteiger partial charge is 0.403 e. The summed E-state index contributed by atoms with van der Waals surface area (Å²) in [5.74, 6) is -0.138. The van der Waals surface area contributed by atoms with Gasteiger partial charge in [-0.1, -0.05) is 65.2 Å². The highest BCUT2D eigenvalue weighted by Gasteiger charge is 2.26. The molecule has 0 bridgehead atoms. The Labute approximate surface area is 190 Å². The molecule has 8 nitrogen and oxygen atoms in total. The number of rotatable bonds is 20. The molecule has 4 N–H and O–H groups in total. The van der Waals surface area contributed by atoms with Gasteiger partial charge < -0.3 is 19.8 Å². The van der Waals surface area contributed by atoms with Gasteiger partial charge in [0.05, 0.1) is 33.3 Å². The SMILES string of the molecule is CCCCCCCC[C@@H](O)[C@H](CNP(=O)(O)OCC[N+](C)(C)C)NC(=O)CCCCC. The van der Waals surface area contributed by atoms with Crippen molar-refractivity contribution in [3.63, 3.8) is 0 Å². The molecule has 0 aromatic heterocycles. The Hall–Kier alpha value is -0.500. The molecule has 31 heavy (non-hydrogen) atoms. The fourth-order valence-corrected chi connectivity index (χ4v) is 3.98. The molecule has 0 aliphatic carbocycles. The highest BCUT2D eigenvalue weighted by Crippen LogP contribution is 2.36. The summed E-state index contributed by atoms with van der Waals surface area (Å²) in [5, 5.41) is 16.0. The predicted octanol–water partition coefficient (Wildman–Crippen LogP) is 3.58. The van der Waals surface area contributed by atoms with Crippen LogP contribution in [-0.2, 0) is 13.9 Å². The first-order valence-corrected chi connectivity index (χ1v) is 13.6. The first kappa shape index (κ1) is 30.5. The van der Waals surface area contributed by atoms with Crippen LogP contribution in [0.2, 0.25) is 0 Å². The maximum atomic E-state index is 12.3. The van der Waals surface area contributed by atoms with Crippen molar-refractivity contribution in [3.8, 4) is 0 Å². The van der Waals surface area contributed by atoms with E-state index in [9.17, 15) is 19.4 Å². The molecule has 1 unspecified atom stereocenters. The molecule has 3 atom stereocenters. The molecular weight excluding hydrogens is 417 g/mol. The van der Waals surface area contributed by atoms with Gasteiger partial charge >= 0.3 is 7.75 Å². The van der Waals surface area contributed by atoms with Crippen LogP contribution in [0.3, 0.4) is 0 Å². The van der Waals surface area contributed by atoms with Crippen LogP contribution in [0.25, 0.3) is 0 Å². The van der Waals surface area contributed by atoms with Gasteiger partial charge in [-0.05, 0) is 12.8 Å². The zero-order chi connectivity index (χ0) is 23.8. The van der Waals surface area contributed by atoms with Crippen LogP contribution in [0.5, 0.6) is 0 Å². The quantitative estimate of drug-likeness (QED) is 0.124. The molecule has 0 saturated heterocycles. The monoisotopic (exact) mass is 466 g/mol. The summed E-state index contributed by atoms with van der Waals surface area (Å²) < 4.78 is 18.1. The summed E-state index contributed by atoms with van der Waals surface area (Å²) in [6.07, 6.45) is 9.61. The van der Waals surface area contributed by atoms with Gasteiger partial charge in [0.25, 0.3) is 0 Å². The van der Waals surface area contributed by atoms with Gasteiger partial charge in [-0.15, -0.1) is 0 Å². The summed E-state index contributed by atoms with van der Waals surface area (Å²) in [6, 6.07) is -0.632. The van der Waals surface area contributed by atoms with Crippen LogP contribution in [0.4, 0.5) is 0 Å². The second-order valence-corrected chi connectivity index (χ2v) is 11.1. The molecule has 0 aromatic carbocycles. The van der Waals surface area contributed by atoms with E-state index >= 15 is 0 Å². The summed E-state index contributed by atoms with van der Waals surface area (Å²) in [7, 11) is 1.91. The number of unbranched alkanes of at least 4 members (excludes halogenated alkanes) is 7. The minimum Gasteiger partial charge on any atom is -0.391 e. The van der Waals surface area contributed by atoms with Crippen LogP contribution in [0, 0.1) is 0 Å². The fraction of sp³-hybridized carbons (Fsp3) is 0.955. The van der Waals surface area contributed by atoms with Crippen molar-refractivity contribution < 1.29 is 28.4 Å². The van der Waals surface area contributed by atoms with Crippen molar-refractivity contribution in [2.24, 2.45) is 0 Å². The number of aliphatic hydroxyl groups is 1. The average molecular weight is 467 g/mol. The third-order valence-corrected chi connectivity index (χ3v) is 6.33. The van der Waals surface area contributed by atoms with Crippen LogP contribution < -0.4 is 10.4 Å². The van der Waals surface area contributed by atoms with E-state index in [1.807, 2.05) is 21.1 Å². The lowest BCUT2D eigenvalue weighted by molar-refractivity contribution is -0.870. The van der Waals surface area contributed by atoms with E-state index in [2.05, 4.69) is 24.3 Å². The van der Waals surface area contributed by atoms with Crippen molar-refractivity contribution in [2.75, 3.05) is 40.8 Å². The average Bonchev–Trinajstić information content (AvgIpc) is 2.66. The second kappa shape index (κ2) is 17.0. The van der Waals surface area contributed by atoms with Crippen molar-refractivity contribution in [1.29, 1.82) is 0 Å². The number of nitrogens with zero attached hydrogens (tertiary/aromatic N) is 1. The van der Waals surface area contributed by atoms with Crippen molar-refractivity contribution in [1.82, 2.24) is 10.4 Å². The molecule has 186 valence electrons. The molecule has 1 amide bonds. The molecule has 0 aromatic rings. The standard InChI is InChI=1S/C22H48N3O5P/c1-6-8-10-11-12-14-15-21(26)20(24-22(27)16-13-9-7-2)19-23-31(28,29)30-18-17-25(3,4)5/h20-21,26H,6-19H2,1-5H3,(H2-,23,24,27,28,29)/p+1/t20-,21+/m0/s1. The maximum absolute atomic E-state index is 12.3. The summed E-state index contributed by atoms with van der Waals surface area (Å²) in [4.78, 5) is 22.3. The lowest BCUT2D eigenvalue weighted by atomic mass is 10.0. The van der Waals surface area contributed by atoms with E-state index in [1.165, 1.54) is 19.3 Å². The maximum Gasteiger partial charge on any atom is 0.403 e. The van der Waals surface area contributed by atoms with Crippen molar-refractivity contribution in [2.45, 2.75) is 96.6 Å². The molecule has 0 aliphatic rings. The van der Waals surface area contributed by atoms with Crippen LogP contribution in [-0.4, -0.2) is 73.4 Å². The summed E-state index contributed by atoms with van der Waals surface area (Å²) >= 11 is 0. The third-order valence-electron chi connectivity index (χ3n) is 5.21. The molecule has 0 radical (unpaired) electrons. The summed E-state index contributed by atoms with van der Waals surface area (Å²) in [5.41, 5.74) is 0. The topological polar surface area (TPSA) is 108 Å². The molecule has 0 heterocycles. The first-order valence-electron chi connectivity index (χ1n) is 12.0. The van der Waals surface area contributed by atoms with Gasteiger partial charge in [-0.2, -0.15) is 0 Å². The second-order valence-electron chi connectivity index (χ2n) is 9.48.